The Morgan fingerprint density at radius 2 is 2.00 bits per heavy atom. The van der Waals surface area contributed by atoms with Crippen molar-refractivity contribution in [1.29, 1.82) is 0 Å². The first-order valence-corrected chi connectivity index (χ1v) is 7.58. The van der Waals surface area contributed by atoms with Crippen LogP contribution in [-0.4, -0.2) is 36.7 Å². The summed E-state index contributed by atoms with van der Waals surface area (Å²) < 4.78 is 1.74. The van der Waals surface area contributed by atoms with Crippen LogP contribution in [0.25, 0.3) is 0 Å². The second-order valence-corrected chi connectivity index (χ2v) is 5.65. The van der Waals surface area contributed by atoms with Crippen LogP contribution in [0.15, 0.2) is 29.4 Å². The molecular formula is C13H14ClN3O3S. The number of nitrogens with zero attached hydrogens (tertiary/aromatic N) is 3. The molecular weight excluding hydrogens is 314 g/mol. The van der Waals surface area contributed by atoms with Gasteiger partial charge in [-0.1, -0.05) is 35.5 Å². The van der Waals surface area contributed by atoms with Gasteiger partial charge in [-0.2, -0.15) is 0 Å². The molecule has 0 unspecified atom stereocenters. The molecule has 1 aromatic heterocycles. The van der Waals surface area contributed by atoms with Crippen molar-refractivity contribution in [1.82, 2.24) is 14.8 Å². The van der Waals surface area contributed by atoms with Crippen LogP contribution in [0.1, 0.15) is 11.4 Å². The second kappa shape index (κ2) is 7.44. The molecule has 0 radical (unpaired) electrons. The summed E-state index contributed by atoms with van der Waals surface area (Å²) in [5.74, 6) is -0.584. The number of aliphatic hydroxyl groups excluding tert-OH is 1. The van der Waals surface area contributed by atoms with Gasteiger partial charge in [-0.3, -0.25) is 4.79 Å². The molecule has 0 aliphatic rings. The number of aryl methyl sites for hydroxylation is 1. The molecule has 0 saturated carbocycles. The minimum atomic E-state index is -0.919. The molecule has 0 atom stereocenters. The standard InChI is InChI=1S/C13H14ClN3O3S/c14-10-3-1-9(2-4-10)5-6-17-11(7-18)15-16-13(17)21-8-12(19)20/h1-4,18H,5-8H2,(H,19,20). The topological polar surface area (TPSA) is 88.2 Å². The summed E-state index contributed by atoms with van der Waals surface area (Å²) in [6.45, 7) is 0.327. The lowest BCUT2D eigenvalue weighted by atomic mass is 10.1. The number of halogens is 1. The van der Waals surface area contributed by atoms with E-state index >= 15 is 0 Å². The van der Waals surface area contributed by atoms with Crippen molar-refractivity contribution in [3.63, 3.8) is 0 Å². The van der Waals surface area contributed by atoms with Gasteiger partial charge in [0.05, 0.1) is 5.75 Å². The SMILES string of the molecule is O=C(O)CSc1nnc(CO)n1CCc1ccc(Cl)cc1. The molecule has 0 fully saturated rings. The minimum absolute atomic E-state index is 0.0928. The van der Waals surface area contributed by atoms with E-state index in [-0.39, 0.29) is 12.4 Å². The van der Waals surface area contributed by atoms with Gasteiger partial charge in [0.1, 0.15) is 6.61 Å². The van der Waals surface area contributed by atoms with E-state index in [1.807, 2.05) is 24.3 Å². The lowest BCUT2D eigenvalue weighted by Gasteiger charge is -2.08. The first-order chi connectivity index (χ1) is 10.1. The fraction of sp³-hybridized carbons (Fsp3) is 0.308. The van der Waals surface area contributed by atoms with Crippen LogP contribution in [0.3, 0.4) is 0 Å². The van der Waals surface area contributed by atoms with E-state index in [4.69, 9.17) is 16.7 Å². The summed E-state index contributed by atoms with van der Waals surface area (Å²) in [5.41, 5.74) is 1.09. The number of carboxylic acid groups (broad SMARTS) is 1. The fourth-order valence-corrected chi connectivity index (χ4v) is 2.62. The van der Waals surface area contributed by atoms with Crippen LogP contribution in [0, 0.1) is 0 Å². The molecule has 2 rings (SSSR count). The van der Waals surface area contributed by atoms with Gasteiger partial charge in [-0.25, -0.2) is 0 Å². The number of hydrogen-bond acceptors (Lipinski definition) is 5. The molecule has 0 bridgehead atoms. The second-order valence-electron chi connectivity index (χ2n) is 4.27. The maximum atomic E-state index is 10.6. The zero-order valence-electron chi connectivity index (χ0n) is 11.1. The summed E-state index contributed by atoms with van der Waals surface area (Å²) in [6, 6.07) is 7.48. The number of hydrogen-bond donors (Lipinski definition) is 2. The molecule has 0 aliphatic heterocycles. The predicted molar refractivity (Wildman–Crippen MR) is 79.5 cm³/mol. The van der Waals surface area contributed by atoms with Crippen molar-refractivity contribution in [2.24, 2.45) is 0 Å². The third-order valence-corrected chi connectivity index (χ3v) is 4.00. The van der Waals surface area contributed by atoms with Gasteiger partial charge in [0, 0.05) is 11.6 Å². The highest BCUT2D eigenvalue weighted by molar-refractivity contribution is 7.99. The highest BCUT2D eigenvalue weighted by atomic mass is 35.5. The quantitative estimate of drug-likeness (QED) is 0.754. The number of benzene rings is 1. The Balaban J connectivity index is 2.08. The van der Waals surface area contributed by atoms with Crippen LogP contribution in [-0.2, 0) is 24.4 Å². The third kappa shape index (κ3) is 4.45. The average Bonchev–Trinajstić information content (AvgIpc) is 2.86. The van der Waals surface area contributed by atoms with Gasteiger partial charge in [-0.05, 0) is 24.1 Å². The van der Waals surface area contributed by atoms with E-state index in [0.717, 1.165) is 17.3 Å². The molecule has 0 amide bonds. The monoisotopic (exact) mass is 327 g/mol. The molecule has 1 aromatic carbocycles. The van der Waals surface area contributed by atoms with Crippen molar-refractivity contribution < 1.29 is 15.0 Å². The van der Waals surface area contributed by atoms with Gasteiger partial charge in [-0.15, -0.1) is 10.2 Å². The first-order valence-electron chi connectivity index (χ1n) is 6.22. The summed E-state index contributed by atoms with van der Waals surface area (Å²) >= 11 is 6.92. The Kier molecular flexibility index (Phi) is 5.60. The molecule has 6 nitrogen and oxygen atoms in total. The number of rotatable bonds is 7. The van der Waals surface area contributed by atoms with Crippen LogP contribution in [0.4, 0.5) is 0 Å². The number of aliphatic hydroxyl groups is 1. The maximum absolute atomic E-state index is 10.6. The normalized spacial score (nSPS) is 10.8. The molecule has 0 saturated heterocycles. The number of aromatic nitrogens is 3. The molecule has 8 heteroatoms. The molecule has 0 aliphatic carbocycles. The number of aliphatic carboxylic acids is 1. The maximum Gasteiger partial charge on any atom is 0.313 e. The Labute approximate surface area is 130 Å². The number of carboxylic acids is 1. The average molecular weight is 328 g/mol. The summed E-state index contributed by atoms with van der Waals surface area (Å²) in [6.07, 6.45) is 0.711. The van der Waals surface area contributed by atoms with Crippen molar-refractivity contribution in [2.45, 2.75) is 24.7 Å². The van der Waals surface area contributed by atoms with Gasteiger partial charge in [0.15, 0.2) is 11.0 Å². The third-order valence-electron chi connectivity index (χ3n) is 2.80. The lowest BCUT2D eigenvalue weighted by molar-refractivity contribution is -0.133. The lowest BCUT2D eigenvalue weighted by Crippen LogP contribution is -2.09. The summed E-state index contributed by atoms with van der Waals surface area (Å²) in [5, 5.41) is 27.0. The van der Waals surface area contributed by atoms with Gasteiger partial charge in [0.25, 0.3) is 0 Å². The minimum Gasteiger partial charge on any atom is -0.481 e. The summed E-state index contributed by atoms with van der Waals surface area (Å²) in [7, 11) is 0. The zero-order valence-corrected chi connectivity index (χ0v) is 12.6. The van der Waals surface area contributed by atoms with Gasteiger partial charge in [0.2, 0.25) is 0 Å². The first kappa shape index (κ1) is 15.8. The van der Waals surface area contributed by atoms with Crippen molar-refractivity contribution in [2.75, 3.05) is 5.75 Å². The van der Waals surface area contributed by atoms with Gasteiger partial charge >= 0.3 is 5.97 Å². The van der Waals surface area contributed by atoms with Crippen LogP contribution in [0.5, 0.6) is 0 Å². The fourth-order valence-electron chi connectivity index (χ4n) is 1.79. The van der Waals surface area contributed by atoms with E-state index in [1.165, 1.54) is 0 Å². The highest BCUT2D eigenvalue weighted by Crippen LogP contribution is 2.18. The molecule has 2 N–H and O–H groups in total. The van der Waals surface area contributed by atoms with E-state index in [2.05, 4.69) is 10.2 Å². The Morgan fingerprint density at radius 1 is 1.29 bits per heavy atom. The number of carbonyl (C=O) groups is 1. The van der Waals surface area contributed by atoms with Gasteiger partial charge < -0.3 is 14.8 Å². The Morgan fingerprint density at radius 3 is 2.62 bits per heavy atom. The smallest absolute Gasteiger partial charge is 0.313 e. The molecule has 1 heterocycles. The Bertz CT molecular complexity index is 616. The van der Waals surface area contributed by atoms with Crippen LogP contribution >= 0.6 is 23.4 Å². The molecule has 2 aromatic rings. The molecule has 112 valence electrons. The zero-order chi connectivity index (χ0) is 15.2. The largest absolute Gasteiger partial charge is 0.481 e. The highest BCUT2D eigenvalue weighted by Gasteiger charge is 2.13. The van der Waals surface area contributed by atoms with E-state index in [0.29, 0.717) is 29.0 Å². The summed E-state index contributed by atoms with van der Waals surface area (Å²) in [4.78, 5) is 10.6. The molecule has 0 spiro atoms. The van der Waals surface area contributed by atoms with Crippen LogP contribution < -0.4 is 0 Å². The van der Waals surface area contributed by atoms with Crippen molar-refractivity contribution in [3.05, 3.63) is 40.7 Å². The predicted octanol–water partition coefficient (Wildman–Crippen LogP) is 1.84. The van der Waals surface area contributed by atoms with E-state index < -0.39 is 5.97 Å². The van der Waals surface area contributed by atoms with Crippen molar-refractivity contribution in [3.8, 4) is 0 Å². The Hall–Kier alpha value is -1.57. The van der Waals surface area contributed by atoms with Crippen LogP contribution in [0.2, 0.25) is 5.02 Å². The number of thioether (sulfide) groups is 1. The van der Waals surface area contributed by atoms with E-state index in [1.54, 1.807) is 4.57 Å². The van der Waals surface area contributed by atoms with Crippen molar-refractivity contribution >= 4 is 29.3 Å². The molecule has 21 heavy (non-hydrogen) atoms. The van der Waals surface area contributed by atoms with E-state index in [9.17, 15) is 9.90 Å².